The number of aliphatic hydroxyl groups is 1. The van der Waals surface area contributed by atoms with E-state index in [4.69, 9.17) is 0 Å². The molecular weight excluding hydrogens is 266 g/mol. The number of hydrogen-bond acceptors (Lipinski definition) is 3. The van der Waals surface area contributed by atoms with Crippen LogP contribution in [0.3, 0.4) is 0 Å². The summed E-state index contributed by atoms with van der Waals surface area (Å²) in [4.78, 5) is 4.53. The smallest absolute Gasteiger partial charge is 0.0938 e. The van der Waals surface area contributed by atoms with E-state index in [1.165, 1.54) is 19.3 Å². The minimum atomic E-state index is -0.686. The third-order valence-electron chi connectivity index (χ3n) is 4.70. The Hall–Kier alpha value is -1.06. The number of pyridine rings is 1. The molecule has 2 aliphatic heterocycles. The van der Waals surface area contributed by atoms with Gasteiger partial charge in [-0.2, -0.15) is 11.8 Å². The maximum Gasteiger partial charge on any atom is 0.0938 e. The Morgan fingerprint density at radius 2 is 1.85 bits per heavy atom. The minimum absolute atomic E-state index is 0.617. The number of aromatic nitrogens is 1. The van der Waals surface area contributed by atoms with Crippen LogP contribution >= 0.6 is 11.8 Å². The number of para-hydroxylation sites is 1. The van der Waals surface area contributed by atoms with Gasteiger partial charge in [0.05, 0.1) is 11.1 Å². The molecule has 2 fully saturated rings. The van der Waals surface area contributed by atoms with Gasteiger partial charge < -0.3 is 5.11 Å². The molecule has 2 unspecified atom stereocenters. The number of hydrogen-bond donors (Lipinski definition) is 1. The van der Waals surface area contributed by atoms with Crippen LogP contribution in [0.4, 0.5) is 0 Å². The van der Waals surface area contributed by atoms with Gasteiger partial charge in [0.2, 0.25) is 0 Å². The predicted octanol–water partition coefficient (Wildman–Crippen LogP) is 3.87. The van der Waals surface area contributed by atoms with E-state index in [0.717, 1.165) is 29.3 Å². The SMILES string of the molecule is OC1(c2cccc3cccnc23)CC2CCCC(C1)S2. The quantitative estimate of drug-likeness (QED) is 0.863. The lowest BCUT2D eigenvalue weighted by Crippen LogP contribution is -2.40. The van der Waals surface area contributed by atoms with Crippen molar-refractivity contribution in [1.29, 1.82) is 0 Å². The lowest BCUT2D eigenvalue weighted by atomic mass is 9.79. The molecule has 3 heteroatoms. The second-order valence-corrected chi connectivity index (χ2v) is 7.74. The Morgan fingerprint density at radius 3 is 2.65 bits per heavy atom. The topological polar surface area (TPSA) is 33.1 Å². The van der Waals surface area contributed by atoms with Crippen molar-refractivity contribution in [3.8, 4) is 0 Å². The lowest BCUT2D eigenvalue weighted by Gasteiger charge is -2.44. The van der Waals surface area contributed by atoms with Gasteiger partial charge in [-0.1, -0.05) is 30.7 Å². The first-order valence-electron chi connectivity index (χ1n) is 7.47. The molecule has 0 spiro atoms. The summed E-state index contributed by atoms with van der Waals surface area (Å²) in [6.45, 7) is 0. The molecule has 104 valence electrons. The fraction of sp³-hybridized carbons (Fsp3) is 0.471. The molecule has 0 aliphatic carbocycles. The molecule has 3 heterocycles. The second kappa shape index (κ2) is 4.74. The van der Waals surface area contributed by atoms with Crippen molar-refractivity contribution in [2.75, 3.05) is 0 Å². The van der Waals surface area contributed by atoms with Crippen molar-refractivity contribution in [2.45, 2.75) is 48.2 Å². The van der Waals surface area contributed by atoms with Gasteiger partial charge in [0.25, 0.3) is 0 Å². The van der Waals surface area contributed by atoms with Crippen molar-refractivity contribution in [3.05, 3.63) is 42.1 Å². The first-order chi connectivity index (χ1) is 9.74. The molecule has 1 aromatic heterocycles. The van der Waals surface area contributed by atoms with Crippen LogP contribution in [-0.4, -0.2) is 20.6 Å². The molecule has 0 amide bonds. The van der Waals surface area contributed by atoms with Crippen LogP contribution in [0.5, 0.6) is 0 Å². The van der Waals surface area contributed by atoms with Crippen LogP contribution in [0, 0.1) is 0 Å². The van der Waals surface area contributed by atoms with Gasteiger partial charge in [-0.15, -0.1) is 0 Å². The van der Waals surface area contributed by atoms with Crippen LogP contribution in [0.15, 0.2) is 36.5 Å². The molecule has 2 bridgehead atoms. The first-order valence-corrected chi connectivity index (χ1v) is 8.41. The summed E-state index contributed by atoms with van der Waals surface area (Å²) >= 11 is 2.10. The molecule has 2 aromatic rings. The van der Waals surface area contributed by atoms with Crippen molar-refractivity contribution >= 4 is 22.7 Å². The normalized spacial score (nSPS) is 33.2. The highest BCUT2D eigenvalue weighted by Gasteiger charge is 2.43. The number of fused-ring (bicyclic) bond motifs is 3. The van der Waals surface area contributed by atoms with Gasteiger partial charge in [-0.3, -0.25) is 4.98 Å². The standard InChI is InChI=1S/C17H19NOS/c19-17(10-13-6-2-7-14(11-17)20-13)15-8-1-4-12-5-3-9-18-16(12)15/h1,3-5,8-9,13-14,19H,2,6-7,10-11H2. The Balaban J connectivity index is 1.81. The summed E-state index contributed by atoms with van der Waals surface area (Å²) < 4.78 is 0. The Kier molecular flexibility index (Phi) is 3.00. The Labute approximate surface area is 123 Å². The number of benzene rings is 1. The highest BCUT2D eigenvalue weighted by atomic mass is 32.2. The fourth-order valence-electron chi connectivity index (χ4n) is 3.82. The van der Waals surface area contributed by atoms with Crippen LogP contribution in [0.2, 0.25) is 0 Å². The molecule has 4 rings (SSSR count). The molecule has 2 nitrogen and oxygen atoms in total. The average molecular weight is 285 g/mol. The molecule has 2 atom stereocenters. The highest BCUT2D eigenvalue weighted by molar-refractivity contribution is 8.00. The summed E-state index contributed by atoms with van der Waals surface area (Å²) in [5, 5.41) is 13.7. The predicted molar refractivity (Wildman–Crippen MR) is 83.9 cm³/mol. The van der Waals surface area contributed by atoms with Gasteiger partial charge in [-0.05, 0) is 31.7 Å². The third-order valence-corrected chi connectivity index (χ3v) is 6.28. The number of thioether (sulfide) groups is 1. The zero-order valence-corrected chi connectivity index (χ0v) is 12.3. The zero-order valence-electron chi connectivity index (χ0n) is 11.5. The summed E-state index contributed by atoms with van der Waals surface area (Å²) in [5.74, 6) is 0. The van der Waals surface area contributed by atoms with Gasteiger partial charge >= 0.3 is 0 Å². The Bertz CT molecular complexity index is 624. The van der Waals surface area contributed by atoms with Gasteiger partial charge in [0.1, 0.15) is 0 Å². The molecule has 2 saturated heterocycles. The van der Waals surface area contributed by atoms with E-state index in [2.05, 4.69) is 41.0 Å². The molecule has 0 saturated carbocycles. The van der Waals surface area contributed by atoms with Crippen molar-refractivity contribution in [3.63, 3.8) is 0 Å². The van der Waals surface area contributed by atoms with Crippen LogP contribution in [0.25, 0.3) is 10.9 Å². The molecule has 2 aliphatic rings. The third kappa shape index (κ3) is 2.04. The van der Waals surface area contributed by atoms with E-state index >= 15 is 0 Å². The van der Waals surface area contributed by atoms with E-state index in [-0.39, 0.29) is 0 Å². The maximum atomic E-state index is 11.3. The van der Waals surface area contributed by atoms with Crippen molar-refractivity contribution in [2.24, 2.45) is 0 Å². The largest absolute Gasteiger partial charge is 0.385 e. The van der Waals surface area contributed by atoms with E-state index in [9.17, 15) is 5.11 Å². The van der Waals surface area contributed by atoms with Crippen LogP contribution in [0.1, 0.15) is 37.7 Å². The molecular formula is C17H19NOS. The summed E-state index contributed by atoms with van der Waals surface area (Å²) in [6.07, 6.45) is 7.41. The first kappa shape index (κ1) is 12.7. The second-order valence-electron chi connectivity index (χ2n) is 6.13. The van der Waals surface area contributed by atoms with Gasteiger partial charge in [-0.25, -0.2) is 0 Å². The highest BCUT2D eigenvalue weighted by Crippen LogP contribution is 2.50. The Morgan fingerprint density at radius 1 is 1.10 bits per heavy atom. The summed E-state index contributed by atoms with van der Waals surface area (Å²) in [6, 6.07) is 10.2. The molecule has 20 heavy (non-hydrogen) atoms. The van der Waals surface area contributed by atoms with Crippen molar-refractivity contribution < 1.29 is 5.11 Å². The monoisotopic (exact) mass is 285 g/mol. The number of nitrogens with zero attached hydrogens (tertiary/aromatic N) is 1. The summed E-state index contributed by atoms with van der Waals surface area (Å²) in [5.41, 5.74) is 1.32. The van der Waals surface area contributed by atoms with E-state index in [1.807, 2.05) is 12.3 Å². The lowest BCUT2D eigenvalue weighted by molar-refractivity contribution is 0.00938. The van der Waals surface area contributed by atoms with E-state index < -0.39 is 5.60 Å². The molecule has 0 radical (unpaired) electrons. The van der Waals surface area contributed by atoms with Crippen LogP contribution in [-0.2, 0) is 5.60 Å². The molecule has 1 N–H and O–H groups in total. The zero-order chi connectivity index (χ0) is 13.6. The average Bonchev–Trinajstić information content (AvgIpc) is 2.46. The maximum absolute atomic E-state index is 11.3. The van der Waals surface area contributed by atoms with Gasteiger partial charge in [0, 0.05) is 27.6 Å². The van der Waals surface area contributed by atoms with Crippen molar-refractivity contribution in [1.82, 2.24) is 4.98 Å². The molecule has 1 aromatic carbocycles. The number of rotatable bonds is 1. The minimum Gasteiger partial charge on any atom is -0.385 e. The summed E-state index contributed by atoms with van der Waals surface area (Å²) in [7, 11) is 0. The van der Waals surface area contributed by atoms with E-state index in [1.54, 1.807) is 0 Å². The van der Waals surface area contributed by atoms with Crippen LogP contribution < -0.4 is 0 Å². The van der Waals surface area contributed by atoms with E-state index in [0.29, 0.717) is 10.5 Å². The fourth-order valence-corrected chi connectivity index (χ4v) is 5.71. The van der Waals surface area contributed by atoms with Gasteiger partial charge in [0.15, 0.2) is 0 Å².